The molecule has 0 N–H and O–H groups in total. The topological polar surface area (TPSA) is 25.2 Å². The van der Waals surface area contributed by atoms with E-state index in [-0.39, 0.29) is 11.8 Å². The van der Waals surface area contributed by atoms with Gasteiger partial charge in [-0.15, -0.1) is 12.3 Å². The number of amides is 1. The van der Waals surface area contributed by atoms with Crippen molar-refractivity contribution in [1.82, 2.24) is 4.57 Å². The molecule has 1 saturated heterocycles. The summed E-state index contributed by atoms with van der Waals surface area (Å²) in [4.78, 5) is 13.8. The van der Waals surface area contributed by atoms with E-state index in [1.807, 2.05) is 36.3 Å². The molecule has 0 spiro atoms. The lowest BCUT2D eigenvalue weighted by atomic mass is 10.1. The lowest BCUT2D eigenvalue weighted by Crippen LogP contribution is -2.24. The molecule has 0 aliphatic carbocycles. The molecule has 0 radical (unpaired) electrons. The lowest BCUT2D eigenvalue weighted by Gasteiger charge is -2.17. The SMILES string of the molecule is C#CC1CC(=O)N(c2cccc3c2ccn3C)C1. The van der Waals surface area contributed by atoms with Crippen LogP contribution in [0, 0.1) is 18.3 Å². The molecule has 2 aromatic rings. The number of carbonyl (C=O) groups is 1. The monoisotopic (exact) mass is 238 g/mol. The zero-order valence-electron chi connectivity index (χ0n) is 10.3. The Balaban J connectivity index is 2.10. The van der Waals surface area contributed by atoms with Crippen LogP contribution in [0.1, 0.15) is 6.42 Å². The highest BCUT2D eigenvalue weighted by Crippen LogP contribution is 2.31. The van der Waals surface area contributed by atoms with Gasteiger partial charge in [-0.25, -0.2) is 0 Å². The van der Waals surface area contributed by atoms with Gasteiger partial charge in [-0.05, 0) is 18.2 Å². The Morgan fingerprint density at radius 3 is 2.94 bits per heavy atom. The number of rotatable bonds is 1. The standard InChI is InChI=1S/C15H14N2O/c1-3-11-9-15(18)17(10-11)14-6-4-5-13-12(14)7-8-16(13)2/h1,4-8,11H,9-10H2,2H3. The van der Waals surface area contributed by atoms with Crippen molar-refractivity contribution in [3.63, 3.8) is 0 Å². The van der Waals surface area contributed by atoms with E-state index < -0.39 is 0 Å². The highest BCUT2D eigenvalue weighted by Gasteiger charge is 2.30. The summed E-state index contributed by atoms with van der Waals surface area (Å²) in [6.07, 6.45) is 7.89. The van der Waals surface area contributed by atoms with Gasteiger partial charge in [0.2, 0.25) is 5.91 Å². The summed E-state index contributed by atoms with van der Waals surface area (Å²) >= 11 is 0. The molecule has 3 nitrogen and oxygen atoms in total. The molecule has 1 aliphatic rings. The first kappa shape index (κ1) is 10.9. The first-order valence-electron chi connectivity index (χ1n) is 6.01. The predicted octanol–water partition coefficient (Wildman–Crippen LogP) is 2.16. The fourth-order valence-corrected chi connectivity index (χ4v) is 2.57. The van der Waals surface area contributed by atoms with Crippen molar-refractivity contribution < 1.29 is 4.79 Å². The van der Waals surface area contributed by atoms with E-state index in [4.69, 9.17) is 6.42 Å². The number of hydrogen-bond acceptors (Lipinski definition) is 1. The lowest BCUT2D eigenvalue weighted by molar-refractivity contribution is -0.117. The quantitative estimate of drug-likeness (QED) is 0.699. The first-order chi connectivity index (χ1) is 8.70. The maximum atomic E-state index is 12.0. The predicted molar refractivity (Wildman–Crippen MR) is 72.2 cm³/mol. The fourth-order valence-electron chi connectivity index (χ4n) is 2.57. The number of aromatic nitrogens is 1. The van der Waals surface area contributed by atoms with E-state index in [1.54, 1.807) is 0 Å². The van der Waals surface area contributed by atoms with E-state index in [0.29, 0.717) is 13.0 Å². The van der Waals surface area contributed by atoms with Crippen LogP contribution in [0.5, 0.6) is 0 Å². The summed E-state index contributed by atoms with van der Waals surface area (Å²) in [5, 5.41) is 1.10. The Morgan fingerprint density at radius 2 is 2.22 bits per heavy atom. The molecule has 1 amide bonds. The second-order valence-corrected chi connectivity index (χ2v) is 4.71. The van der Waals surface area contributed by atoms with E-state index in [0.717, 1.165) is 16.6 Å². The molecular formula is C15H14N2O. The largest absolute Gasteiger partial charge is 0.350 e. The molecule has 0 saturated carbocycles. The fraction of sp³-hybridized carbons (Fsp3) is 0.267. The Labute approximate surface area is 106 Å². The van der Waals surface area contributed by atoms with Crippen molar-refractivity contribution in [2.75, 3.05) is 11.4 Å². The normalized spacial score (nSPS) is 19.4. The molecule has 1 fully saturated rings. The number of carbonyl (C=O) groups excluding carboxylic acids is 1. The summed E-state index contributed by atoms with van der Waals surface area (Å²) in [6, 6.07) is 8.06. The number of fused-ring (bicyclic) bond motifs is 1. The minimum atomic E-state index is 0.0384. The van der Waals surface area contributed by atoms with E-state index >= 15 is 0 Å². The molecule has 0 bridgehead atoms. The molecule has 1 aromatic carbocycles. The molecule has 18 heavy (non-hydrogen) atoms. The zero-order chi connectivity index (χ0) is 12.7. The third kappa shape index (κ3) is 1.50. The summed E-state index contributed by atoms with van der Waals surface area (Å²) in [6.45, 7) is 0.628. The zero-order valence-corrected chi connectivity index (χ0v) is 10.3. The number of nitrogens with zero attached hydrogens (tertiary/aromatic N) is 2. The van der Waals surface area contributed by atoms with Gasteiger partial charge in [0.1, 0.15) is 0 Å². The van der Waals surface area contributed by atoms with Crippen LogP contribution in [0.2, 0.25) is 0 Å². The number of benzene rings is 1. The average Bonchev–Trinajstić information content (AvgIpc) is 2.93. The van der Waals surface area contributed by atoms with Crippen molar-refractivity contribution in [1.29, 1.82) is 0 Å². The Kier molecular flexibility index (Phi) is 2.38. The Morgan fingerprint density at radius 1 is 1.39 bits per heavy atom. The number of aryl methyl sites for hydroxylation is 1. The summed E-state index contributed by atoms with van der Waals surface area (Å²) in [5.41, 5.74) is 2.10. The molecule has 1 atom stereocenters. The number of hydrogen-bond donors (Lipinski definition) is 0. The van der Waals surface area contributed by atoms with E-state index in [9.17, 15) is 4.79 Å². The number of terminal acetylenes is 1. The van der Waals surface area contributed by atoms with Crippen LogP contribution in [-0.2, 0) is 11.8 Å². The molecule has 2 heterocycles. The summed E-state index contributed by atoms with van der Waals surface area (Å²) in [5.74, 6) is 2.84. The minimum absolute atomic E-state index is 0.0384. The van der Waals surface area contributed by atoms with Gasteiger partial charge in [0.25, 0.3) is 0 Å². The van der Waals surface area contributed by atoms with Crippen LogP contribution in [0.25, 0.3) is 10.9 Å². The molecule has 1 unspecified atom stereocenters. The van der Waals surface area contributed by atoms with Crippen molar-refractivity contribution in [3.8, 4) is 12.3 Å². The third-order valence-electron chi connectivity index (χ3n) is 3.56. The first-order valence-corrected chi connectivity index (χ1v) is 6.01. The van der Waals surface area contributed by atoms with Gasteiger partial charge in [0.15, 0.2) is 0 Å². The molecular weight excluding hydrogens is 224 g/mol. The highest BCUT2D eigenvalue weighted by atomic mass is 16.2. The van der Waals surface area contributed by atoms with Gasteiger partial charge >= 0.3 is 0 Å². The van der Waals surface area contributed by atoms with Crippen LogP contribution in [0.4, 0.5) is 5.69 Å². The second kappa shape index (κ2) is 3.92. The van der Waals surface area contributed by atoms with Crippen molar-refractivity contribution in [2.45, 2.75) is 6.42 Å². The molecule has 3 rings (SSSR count). The molecule has 3 heteroatoms. The number of anilines is 1. The van der Waals surface area contributed by atoms with Gasteiger partial charge in [0, 0.05) is 43.0 Å². The molecule has 1 aromatic heterocycles. The van der Waals surface area contributed by atoms with Gasteiger partial charge in [-0.2, -0.15) is 0 Å². The Bertz CT molecular complexity index is 663. The van der Waals surface area contributed by atoms with Crippen LogP contribution in [-0.4, -0.2) is 17.0 Å². The Hall–Kier alpha value is -2.21. The highest BCUT2D eigenvalue weighted by molar-refractivity contribution is 6.04. The molecule has 1 aliphatic heterocycles. The maximum absolute atomic E-state index is 12.0. The average molecular weight is 238 g/mol. The van der Waals surface area contributed by atoms with E-state index in [1.165, 1.54) is 0 Å². The summed E-state index contributed by atoms with van der Waals surface area (Å²) < 4.78 is 2.05. The van der Waals surface area contributed by atoms with Gasteiger partial charge < -0.3 is 9.47 Å². The minimum Gasteiger partial charge on any atom is -0.350 e. The maximum Gasteiger partial charge on any atom is 0.228 e. The van der Waals surface area contributed by atoms with Crippen molar-refractivity contribution in [3.05, 3.63) is 30.5 Å². The molecule has 90 valence electrons. The van der Waals surface area contributed by atoms with Gasteiger partial charge in [0.05, 0.1) is 5.69 Å². The van der Waals surface area contributed by atoms with Gasteiger partial charge in [-0.3, -0.25) is 4.79 Å². The smallest absolute Gasteiger partial charge is 0.228 e. The van der Waals surface area contributed by atoms with Crippen LogP contribution in [0.3, 0.4) is 0 Å². The van der Waals surface area contributed by atoms with E-state index in [2.05, 4.69) is 16.6 Å². The van der Waals surface area contributed by atoms with Crippen LogP contribution < -0.4 is 4.90 Å². The van der Waals surface area contributed by atoms with Crippen molar-refractivity contribution in [2.24, 2.45) is 13.0 Å². The van der Waals surface area contributed by atoms with Crippen LogP contribution in [0.15, 0.2) is 30.5 Å². The van der Waals surface area contributed by atoms with Gasteiger partial charge in [-0.1, -0.05) is 6.07 Å². The third-order valence-corrected chi connectivity index (χ3v) is 3.56. The van der Waals surface area contributed by atoms with Crippen LogP contribution >= 0.6 is 0 Å². The second-order valence-electron chi connectivity index (χ2n) is 4.71. The van der Waals surface area contributed by atoms with Crippen molar-refractivity contribution >= 4 is 22.5 Å². The summed E-state index contributed by atoms with van der Waals surface area (Å²) in [7, 11) is 2.00.